The van der Waals surface area contributed by atoms with Crippen molar-refractivity contribution in [1.29, 1.82) is 0 Å². The number of aliphatic carboxylic acids is 1. The van der Waals surface area contributed by atoms with Crippen LogP contribution in [0, 0.1) is 5.82 Å². The molecule has 0 fully saturated rings. The first-order valence-electron chi connectivity index (χ1n) is 6.35. The highest BCUT2D eigenvalue weighted by molar-refractivity contribution is 5.78. The fourth-order valence-electron chi connectivity index (χ4n) is 1.83. The molecular weight excluding hydrogens is 249 g/mol. The summed E-state index contributed by atoms with van der Waals surface area (Å²) in [5.74, 6) is -0.763. The molecule has 0 spiro atoms. The smallest absolute Gasteiger partial charge is 0.323 e. The van der Waals surface area contributed by atoms with E-state index in [2.05, 4.69) is 5.32 Å². The number of carbonyl (C=O) groups is 1. The highest BCUT2D eigenvalue weighted by atomic mass is 19.1. The van der Waals surface area contributed by atoms with Crippen molar-refractivity contribution in [2.24, 2.45) is 0 Å². The molecule has 1 aromatic carbocycles. The van der Waals surface area contributed by atoms with E-state index in [0.29, 0.717) is 31.7 Å². The quantitative estimate of drug-likeness (QED) is 0.712. The Kier molecular flexibility index (Phi) is 5.76. The molecule has 1 aromatic rings. The van der Waals surface area contributed by atoms with Gasteiger partial charge in [-0.2, -0.15) is 0 Å². The van der Waals surface area contributed by atoms with E-state index in [1.54, 1.807) is 19.1 Å². The van der Waals surface area contributed by atoms with Gasteiger partial charge in [0.05, 0.1) is 6.61 Å². The fraction of sp³-hybridized carbons (Fsp3) is 0.500. The van der Waals surface area contributed by atoms with Gasteiger partial charge in [-0.05, 0) is 38.4 Å². The van der Waals surface area contributed by atoms with Crippen LogP contribution in [0.3, 0.4) is 0 Å². The van der Waals surface area contributed by atoms with Crippen LogP contribution in [0.2, 0.25) is 0 Å². The maximum atomic E-state index is 12.9. The van der Waals surface area contributed by atoms with Crippen molar-refractivity contribution in [3.63, 3.8) is 0 Å². The molecule has 0 saturated heterocycles. The minimum atomic E-state index is -0.944. The molecule has 0 bridgehead atoms. The Labute approximate surface area is 112 Å². The Morgan fingerprint density at radius 3 is 2.84 bits per heavy atom. The second kappa shape index (κ2) is 7.09. The summed E-state index contributed by atoms with van der Waals surface area (Å²) in [6, 6.07) is 5.90. The molecule has 2 N–H and O–H groups in total. The van der Waals surface area contributed by atoms with Crippen molar-refractivity contribution in [3.8, 4) is 5.75 Å². The number of benzene rings is 1. The van der Waals surface area contributed by atoms with Crippen LogP contribution in [0.4, 0.5) is 4.39 Å². The van der Waals surface area contributed by atoms with Gasteiger partial charge in [0.2, 0.25) is 0 Å². The van der Waals surface area contributed by atoms with E-state index in [1.165, 1.54) is 12.1 Å². The number of carboxylic acid groups (broad SMARTS) is 1. The highest BCUT2D eigenvalue weighted by Crippen LogP contribution is 2.15. The third-order valence-corrected chi connectivity index (χ3v) is 2.92. The van der Waals surface area contributed by atoms with Gasteiger partial charge in [-0.15, -0.1) is 0 Å². The molecule has 0 saturated carbocycles. The Balaban J connectivity index is 2.39. The molecule has 1 atom stereocenters. The summed E-state index contributed by atoms with van der Waals surface area (Å²) in [6.07, 6.45) is 1.03. The van der Waals surface area contributed by atoms with E-state index in [1.807, 2.05) is 6.92 Å². The molecule has 1 rings (SSSR count). The normalized spacial score (nSPS) is 13.8. The van der Waals surface area contributed by atoms with E-state index in [0.717, 1.165) is 0 Å². The van der Waals surface area contributed by atoms with Gasteiger partial charge >= 0.3 is 5.97 Å². The Hall–Kier alpha value is -1.62. The summed E-state index contributed by atoms with van der Waals surface area (Å²) in [5, 5.41) is 12.1. The minimum Gasteiger partial charge on any atom is -0.493 e. The van der Waals surface area contributed by atoms with Crippen molar-refractivity contribution in [1.82, 2.24) is 5.32 Å². The zero-order chi connectivity index (χ0) is 14.3. The van der Waals surface area contributed by atoms with Crippen molar-refractivity contribution in [2.45, 2.75) is 32.2 Å². The maximum absolute atomic E-state index is 12.9. The van der Waals surface area contributed by atoms with Gasteiger partial charge in [-0.3, -0.25) is 4.79 Å². The lowest BCUT2D eigenvalue weighted by atomic mass is 9.96. The lowest BCUT2D eigenvalue weighted by Gasteiger charge is -2.25. The molecule has 0 aliphatic heterocycles. The van der Waals surface area contributed by atoms with Gasteiger partial charge in [0.15, 0.2) is 0 Å². The fourth-order valence-corrected chi connectivity index (χ4v) is 1.83. The predicted molar refractivity (Wildman–Crippen MR) is 70.8 cm³/mol. The maximum Gasteiger partial charge on any atom is 0.323 e. The SMILES string of the molecule is CCNC(C)(CCCOc1cccc(F)c1)C(=O)O. The third kappa shape index (κ3) is 4.87. The van der Waals surface area contributed by atoms with Gasteiger partial charge in [0, 0.05) is 6.07 Å². The summed E-state index contributed by atoms with van der Waals surface area (Å²) >= 11 is 0. The Morgan fingerprint density at radius 1 is 1.53 bits per heavy atom. The summed E-state index contributed by atoms with van der Waals surface area (Å²) in [5.41, 5.74) is -0.944. The van der Waals surface area contributed by atoms with Crippen LogP contribution in [0.15, 0.2) is 24.3 Å². The number of rotatable bonds is 8. The lowest BCUT2D eigenvalue weighted by molar-refractivity contribution is -0.144. The lowest BCUT2D eigenvalue weighted by Crippen LogP contribution is -2.49. The molecule has 5 heteroatoms. The monoisotopic (exact) mass is 269 g/mol. The van der Waals surface area contributed by atoms with Gasteiger partial charge in [-0.1, -0.05) is 13.0 Å². The summed E-state index contributed by atoms with van der Waals surface area (Å²) in [4.78, 5) is 11.2. The van der Waals surface area contributed by atoms with Crippen LogP contribution >= 0.6 is 0 Å². The van der Waals surface area contributed by atoms with Crippen LogP contribution in [0.5, 0.6) is 5.75 Å². The molecule has 0 aliphatic carbocycles. The number of likely N-dealkylation sites (N-methyl/N-ethyl adjacent to an activating group) is 1. The van der Waals surface area contributed by atoms with Gasteiger partial charge < -0.3 is 15.2 Å². The van der Waals surface area contributed by atoms with Gasteiger partial charge in [0.1, 0.15) is 17.1 Å². The zero-order valence-corrected chi connectivity index (χ0v) is 11.3. The van der Waals surface area contributed by atoms with Crippen LogP contribution in [-0.2, 0) is 4.79 Å². The average Bonchev–Trinajstić information content (AvgIpc) is 2.35. The molecule has 106 valence electrons. The average molecular weight is 269 g/mol. The minimum absolute atomic E-state index is 0.347. The van der Waals surface area contributed by atoms with Crippen molar-refractivity contribution < 1.29 is 19.0 Å². The van der Waals surface area contributed by atoms with E-state index in [4.69, 9.17) is 9.84 Å². The molecule has 4 nitrogen and oxygen atoms in total. The molecule has 0 amide bonds. The molecule has 1 unspecified atom stereocenters. The van der Waals surface area contributed by atoms with Crippen molar-refractivity contribution in [2.75, 3.05) is 13.2 Å². The molecular formula is C14H20FNO3. The number of carboxylic acids is 1. The van der Waals surface area contributed by atoms with Crippen LogP contribution in [0.25, 0.3) is 0 Å². The van der Waals surface area contributed by atoms with Crippen molar-refractivity contribution >= 4 is 5.97 Å². The second-order valence-electron chi connectivity index (χ2n) is 4.58. The molecule has 0 aliphatic rings. The van der Waals surface area contributed by atoms with E-state index in [9.17, 15) is 9.18 Å². The number of ether oxygens (including phenoxy) is 1. The first-order chi connectivity index (χ1) is 8.98. The predicted octanol–water partition coefficient (Wildman–Crippen LogP) is 2.44. The van der Waals surface area contributed by atoms with E-state index in [-0.39, 0.29) is 5.82 Å². The molecule has 19 heavy (non-hydrogen) atoms. The zero-order valence-electron chi connectivity index (χ0n) is 11.3. The van der Waals surface area contributed by atoms with E-state index < -0.39 is 11.5 Å². The first-order valence-corrected chi connectivity index (χ1v) is 6.35. The van der Waals surface area contributed by atoms with Gasteiger partial charge in [0.25, 0.3) is 0 Å². The van der Waals surface area contributed by atoms with E-state index >= 15 is 0 Å². The third-order valence-electron chi connectivity index (χ3n) is 2.92. The number of hydrogen-bond acceptors (Lipinski definition) is 3. The second-order valence-corrected chi connectivity index (χ2v) is 4.58. The number of hydrogen-bond donors (Lipinski definition) is 2. The van der Waals surface area contributed by atoms with Crippen LogP contribution in [0.1, 0.15) is 26.7 Å². The standard InChI is InChI=1S/C14H20FNO3/c1-3-16-14(2,13(17)18)8-5-9-19-12-7-4-6-11(15)10-12/h4,6-7,10,16H,3,5,8-9H2,1-2H3,(H,17,18). The Bertz CT molecular complexity index is 425. The number of nitrogens with one attached hydrogen (secondary N) is 1. The van der Waals surface area contributed by atoms with Crippen molar-refractivity contribution in [3.05, 3.63) is 30.1 Å². The molecule has 0 radical (unpaired) electrons. The molecule has 0 heterocycles. The first kappa shape index (κ1) is 15.4. The highest BCUT2D eigenvalue weighted by Gasteiger charge is 2.31. The topological polar surface area (TPSA) is 58.6 Å². The summed E-state index contributed by atoms with van der Waals surface area (Å²) in [6.45, 7) is 4.47. The largest absolute Gasteiger partial charge is 0.493 e. The summed E-state index contributed by atoms with van der Waals surface area (Å²) < 4.78 is 18.3. The van der Waals surface area contributed by atoms with Crippen LogP contribution in [-0.4, -0.2) is 29.8 Å². The van der Waals surface area contributed by atoms with Gasteiger partial charge in [-0.25, -0.2) is 4.39 Å². The summed E-state index contributed by atoms with van der Waals surface area (Å²) in [7, 11) is 0. The molecule has 0 aromatic heterocycles. The van der Waals surface area contributed by atoms with Crippen LogP contribution < -0.4 is 10.1 Å². The number of halogens is 1. The Morgan fingerprint density at radius 2 is 2.26 bits per heavy atom.